The number of rotatable bonds is 1. The zero-order valence-corrected chi connectivity index (χ0v) is 9.99. The van der Waals surface area contributed by atoms with Crippen LogP contribution in [0.1, 0.15) is 19.3 Å². The molecule has 0 amide bonds. The van der Waals surface area contributed by atoms with Crippen LogP contribution >= 0.6 is 24.0 Å². The van der Waals surface area contributed by atoms with Crippen LogP contribution in [0.4, 0.5) is 0 Å². The molecule has 1 rings (SSSR count). The predicted octanol–water partition coefficient (Wildman–Crippen LogP) is 0.831. The van der Waals surface area contributed by atoms with Crippen LogP contribution in [0.25, 0.3) is 0 Å². The Labute approximate surface area is 95.6 Å². The fourth-order valence-corrected chi connectivity index (χ4v) is 1.54. The Kier molecular flexibility index (Phi) is 5.79. The molecule has 0 bridgehead atoms. The van der Waals surface area contributed by atoms with Gasteiger partial charge in [-0.2, -0.15) is 5.26 Å². The van der Waals surface area contributed by atoms with Crippen LogP contribution in [0.3, 0.4) is 0 Å². The summed E-state index contributed by atoms with van der Waals surface area (Å²) in [5.74, 6) is 0.535. The molecular weight excluding hydrogens is 279 g/mol. The summed E-state index contributed by atoms with van der Waals surface area (Å²) in [7, 11) is 1.64. The van der Waals surface area contributed by atoms with Crippen molar-refractivity contribution in [3.8, 4) is 6.07 Å². The second kappa shape index (κ2) is 6.02. The zero-order chi connectivity index (χ0) is 8.97. The number of hydrogen-bond acceptors (Lipinski definition) is 2. The third-order valence-electron chi connectivity index (χ3n) is 2.26. The van der Waals surface area contributed by atoms with Crippen molar-refractivity contribution in [3.63, 3.8) is 0 Å². The highest BCUT2D eigenvalue weighted by Crippen LogP contribution is 2.24. The molecule has 0 heterocycles. The zero-order valence-electron chi connectivity index (χ0n) is 7.66. The minimum Gasteiger partial charge on any atom is -0.370 e. The third kappa shape index (κ3) is 3.38. The van der Waals surface area contributed by atoms with Gasteiger partial charge in [0.15, 0.2) is 5.96 Å². The molecule has 0 aromatic heterocycles. The van der Waals surface area contributed by atoms with Crippen molar-refractivity contribution in [1.82, 2.24) is 5.32 Å². The molecule has 0 spiro atoms. The Hall–Kier alpha value is -0.510. The van der Waals surface area contributed by atoms with Crippen molar-refractivity contribution in [1.29, 1.82) is 5.26 Å². The summed E-state index contributed by atoms with van der Waals surface area (Å²) in [4.78, 5) is 3.79. The molecule has 1 saturated carbocycles. The number of guanidine groups is 1. The van der Waals surface area contributed by atoms with Crippen molar-refractivity contribution in [3.05, 3.63) is 0 Å². The van der Waals surface area contributed by atoms with Crippen molar-refractivity contribution < 1.29 is 0 Å². The Bertz CT molecular complexity index is 221. The van der Waals surface area contributed by atoms with Crippen molar-refractivity contribution in [2.45, 2.75) is 25.3 Å². The maximum Gasteiger partial charge on any atom is 0.188 e. The number of nitriles is 1. The smallest absolute Gasteiger partial charge is 0.188 e. The average molecular weight is 294 g/mol. The number of halogens is 1. The molecule has 0 aromatic rings. The Balaban J connectivity index is 0.00000144. The lowest BCUT2D eigenvalue weighted by atomic mass is 10.1. The van der Waals surface area contributed by atoms with Gasteiger partial charge in [0.2, 0.25) is 0 Å². The van der Waals surface area contributed by atoms with E-state index in [1.807, 2.05) is 0 Å². The first kappa shape index (κ1) is 12.5. The van der Waals surface area contributed by atoms with Gasteiger partial charge in [0, 0.05) is 13.1 Å². The summed E-state index contributed by atoms with van der Waals surface area (Å²) in [6, 6.07) is 2.48. The monoisotopic (exact) mass is 294 g/mol. The van der Waals surface area contributed by atoms with Gasteiger partial charge in [-0.25, -0.2) is 0 Å². The fraction of sp³-hybridized carbons (Fsp3) is 0.750. The quantitative estimate of drug-likeness (QED) is 0.427. The van der Waals surface area contributed by atoms with E-state index >= 15 is 0 Å². The van der Waals surface area contributed by atoms with E-state index in [2.05, 4.69) is 16.4 Å². The van der Waals surface area contributed by atoms with Gasteiger partial charge in [-0.1, -0.05) is 0 Å². The maximum atomic E-state index is 8.75. The first-order chi connectivity index (χ1) is 5.77. The van der Waals surface area contributed by atoms with E-state index in [1.54, 1.807) is 7.05 Å². The van der Waals surface area contributed by atoms with Gasteiger partial charge in [-0.05, 0) is 19.3 Å². The lowest BCUT2D eigenvalue weighted by Crippen LogP contribution is -2.41. The number of hydrogen-bond donors (Lipinski definition) is 2. The van der Waals surface area contributed by atoms with Gasteiger partial charge in [-0.15, -0.1) is 24.0 Å². The molecule has 0 radical (unpaired) electrons. The van der Waals surface area contributed by atoms with Crippen LogP contribution < -0.4 is 11.1 Å². The number of nitrogens with two attached hydrogens (primary N) is 1. The Morgan fingerprint density at radius 2 is 2.31 bits per heavy atom. The summed E-state index contributed by atoms with van der Waals surface area (Å²) in [5.41, 5.74) is 5.50. The lowest BCUT2D eigenvalue weighted by Gasteiger charge is -2.15. The number of nitrogens with one attached hydrogen (secondary N) is 1. The topological polar surface area (TPSA) is 74.2 Å². The highest BCUT2D eigenvalue weighted by atomic mass is 127. The molecule has 5 heteroatoms. The van der Waals surface area contributed by atoms with Crippen molar-refractivity contribution in [2.75, 3.05) is 7.05 Å². The molecule has 2 atom stereocenters. The van der Waals surface area contributed by atoms with E-state index in [0.717, 1.165) is 19.3 Å². The van der Waals surface area contributed by atoms with Gasteiger partial charge >= 0.3 is 0 Å². The van der Waals surface area contributed by atoms with Gasteiger partial charge < -0.3 is 11.1 Å². The van der Waals surface area contributed by atoms with Crippen molar-refractivity contribution in [2.24, 2.45) is 16.6 Å². The summed E-state index contributed by atoms with van der Waals surface area (Å²) < 4.78 is 0. The molecule has 74 valence electrons. The van der Waals surface area contributed by atoms with Gasteiger partial charge in [0.05, 0.1) is 12.0 Å². The van der Waals surface area contributed by atoms with Gasteiger partial charge in [-0.3, -0.25) is 4.99 Å². The normalized spacial score (nSPS) is 27.5. The summed E-state index contributed by atoms with van der Waals surface area (Å²) >= 11 is 0. The molecule has 1 aliphatic carbocycles. The standard InChI is InChI=1S/C8H14N4.HI/c1-11-8(10)12-7-4-2-3-6(7)5-9;/h6-7H,2-4H2,1H3,(H3,10,11,12);1H. The Morgan fingerprint density at radius 1 is 1.62 bits per heavy atom. The molecule has 1 fully saturated rings. The SMILES string of the molecule is CN=C(N)NC1CCCC1C#N.I. The minimum absolute atomic E-state index is 0. The van der Waals surface area contributed by atoms with Crippen LogP contribution in [-0.2, 0) is 0 Å². The molecule has 13 heavy (non-hydrogen) atoms. The van der Waals surface area contributed by atoms with E-state index in [0.29, 0.717) is 5.96 Å². The second-order valence-corrected chi connectivity index (χ2v) is 3.03. The largest absolute Gasteiger partial charge is 0.370 e. The van der Waals surface area contributed by atoms with E-state index in [9.17, 15) is 0 Å². The highest BCUT2D eigenvalue weighted by molar-refractivity contribution is 14.0. The van der Waals surface area contributed by atoms with E-state index in [-0.39, 0.29) is 35.9 Å². The van der Waals surface area contributed by atoms with Crippen LogP contribution in [-0.4, -0.2) is 19.0 Å². The van der Waals surface area contributed by atoms with E-state index in [1.165, 1.54) is 0 Å². The van der Waals surface area contributed by atoms with Gasteiger partial charge in [0.1, 0.15) is 0 Å². The highest BCUT2D eigenvalue weighted by Gasteiger charge is 2.26. The second-order valence-electron chi connectivity index (χ2n) is 3.03. The van der Waals surface area contributed by atoms with Crippen LogP contribution in [0.5, 0.6) is 0 Å². The van der Waals surface area contributed by atoms with Gasteiger partial charge in [0.25, 0.3) is 0 Å². The minimum atomic E-state index is 0. The van der Waals surface area contributed by atoms with Crippen LogP contribution in [0, 0.1) is 17.2 Å². The van der Waals surface area contributed by atoms with E-state index < -0.39 is 0 Å². The molecule has 2 unspecified atom stereocenters. The number of aliphatic imine (C=N–C) groups is 1. The summed E-state index contributed by atoms with van der Waals surface area (Å²) in [6.07, 6.45) is 3.10. The summed E-state index contributed by atoms with van der Waals surface area (Å²) in [5, 5.41) is 11.8. The third-order valence-corrected chi connectivity index (χ3v) is 2.26. The first-order valence-electron chi connectivity index (χ1n) is 4.16. The molecule has 1 aliphatic rings. The van der Waals surface area contributed by atoms with Crippen molar-refractivity contribution >= 4 is 29.9 Å². The van der Waals surface area contributed by atoms with E-state index in [4.69, 9.17) is 11.0 Å². The molecule has 3 N–H and O–H groups in total. The maximum absolute atomic E-state index is 8.75. The lowest BCUT2D eigenvalue weighted by molar-refractivity contribution is 0.539. The first-order valence-corrected chi connectivity index (χ1v) is 4.16. The molecular formula is C8H15IN4. The average Bonchev–Trinajstić information content (AvgIpc) is 2.51. The molecule has 0 saturated heterocycles. The predicted molar refractivity (Wildman–Crippen MR) is 62.8 cm³/mol. The molecule has 4 nitrogen and oxygen atoms in total. The van der Waals surface area contributed by atoms with Crippen LogP contribution in [0.2, 0.25) is 0 Å². The summed E-state index contributed by atoms with van der Waals surface area (Å²) in [6.45, 7) is 0. The number of nitrogens with zero attached hydrogens (tertiary/aromatic N) is 2. The Morgan fingerprint density at radius 3 is 2.85 bits per heavy atom. The fourth-order valence-electron chi connectivity index (χ4n) is 1.54. The van der Waals surface area contributed by atoms with Crippen LogP contribution in [0.15, 0.2) is 4.99 Å². The molecule has 0 aliphatic heterocycles. The molecule has 0 aromatic carbocycles.